The quantitative estimate of drug-likeness (QED) is 0.749. The van der Waals surface area contributed by atoms with E-state index in [1.807, 2.05) is 5.38 Å². The molecular formula is C14H14N2O4S. The molecule has 6 nitrogen and oxygen atoms in total. The summed E-state index contributed by atoms with van der Waals surface area (Å²) in [6, 6.07) is 5.37. The Morgan fingerprint density at radius 1 is 1.48 bits per heavy atom. The Morgan fingerprint density at radius 2 is 2.38 bits per heavy atom. The number of ether oxygens (including phenoxy) is 1. The van der Waals surface area contributed by atoms with Gasteiger partial charge in [0.2, 0.25) is 0 Å². The summed E-state index contributed by atoms with van der Waals surface area (Å²) in [6.07, 6.45) is 2.24. The fraction of sp³-hybridized carbons (Fsp3) is 0.286. The van der Waals surface area contributed by atoms with E-state index in [4.69, 9.17) is 9.15 Å². The molecule has 0 amide bonds. The lowest BCUT2D eigenvalue weighted by molar-refractivity contribution is 0.0142. The van der Waals surface area contributed by atoms with E-state index in [0.717, 1.165) is 0 Å². The summed E-state index contributed by atoms with van der Waals surface area (Å²) in [7, 11) is 0. The van der Waals surface area contributed by atoms with E-state index in [1.165, 1.54) is 22.2 Å². The third-order valence-corrected chi connectivity index (χ3v) is 3.87. The van der Waals surface area contributed by atoms with Gasteiger partial charge in [-0.2, -0.15) is 0 Å². The minimum absolute atomic E-state index is 0.121. The molecule has 3 rings (SSSR count). The summed E-state index contributed by atoms with van der Waals surface area (Å²) in [5.74, 6) is 0.695. The second-order valence-electron chi connectivity index (χ2n) is 4.59. The van der Waals surface area contributed by atoms with Gasteiger partial charge in [0.1, 0.15) is 17.1 Å². The highest BCUT2D eigenvalue weighted by atomic mass is 32.1. The summed E-state index contributed by atoms with van der Waals surface area (Å²) in [6.45, 7) is 0.564. The number of rotatable bonds is 6. The zero-order valence-electron chi connectivity index (χ0n) is 11.1. The first-order valence-electron chi connectivity index (χ1n) is 6.45. The number of furan rings is 1. The molecule has 0 fully saturated rings. The van der Waals surface area contributed by atoms with Crippen LogP contribution in [0.5, 0.6) is 0 Å². The molecule has 0 saturated carbocycles. The van der Waals surface area contributed by atoms with Crippen LogP contribution in [0.1, 0.15) is 5.76 Å². The van der Waals surface area contributed by atoms with Crippen molar-refractivity contribution in [1.29, 1.82) is 0 Å². The molecule has 1 atom stereocenters. The molecule has 0 aliphatic rings. The Balaban J connectivity index is 1.59. The maximum atomic E-state index is 12.2. The fourth-order valence-electron chi connectivity index (χ4n) is 1.98. The molecule has 0 saturated heterocycles. The monoisotopic (exact) mass is 306 g/mol. The molecule has 7 heteroatoms. The predicted molar refractivity (Wildman–Crippen MR) is 78.3 cm³/mol. The first kappa shape index (κ1) is 14.0. The van der Waals surface area contributed by atoms with Crippen molar-refractivity contribution in [2.24, 2.45) is 0 Å². The summed E-state index contributed by atoms with van der Waals surface area (Å²) in [4.78, 5) is 16.3. The minimum atomic E-state index is -0.781. The van der Waals surface area contributed by atoms with Crippen molar-refractivity contribution in [3.63, 3.8) is 0 Å². The zero-order valence-corrected chi connectivity index (χ0v) is 12.0. The van der Waals surface area contributed by atoms with Crippen LogP contribution in [-0.2, 0) is 17.9 Å². The standard InChI is InChI=1S/C14H14N2O4S/c17-10(7-19-8-11-2-1-4-20-11)6-16-9-15-12-3-5-21-13(12)14(16)18/h1-5,9-10,17H,6-8H2. The zero-order chi connectivity index (χ0) is 14.7. The Bertz CT molecular complexity index is 763. The maximum absolute atomic E-state index is 12.2. The number of hydrogen-bond donors (Lipinski definition) is 1. The van der Waals surface area contributed by atoms with Crippen LogP contribution in [0, 0.1) is 0 Å². The van der Waals surface area contributed by atoms with Gasteiger partial charge >= 0.3 is 0 Å². The minimum Gasteiger partial charge on any atom is -0.467 e. The molecule has 1 N–H and O–H groups in total. The van der Waals surface area contributed by atoms with Gasteiger partial charge in [0.15, 0.2) is 0 Å². The summed E-state index contributed by atoms with van der Waals surface area (Å²) in [5.41, 5.74) is 0.546. The van der Waals surface area contributed by atoms with Gasteiger partial charge in [-0.05, 0) is 23.6 Å². The number of thiophene rings is 1. The van der Waals surface area contributed by atoms with Crippen molar-refractivity contribution in [2.75, 3.05) is 6.61 Å². The van der Waals surface area contributed by atoms with Gasteiger partial charge in [-0.3, -0.25) is 9.36 Å². The Morgan fingerprint density at radius 3 is 3.19 bits per heavy atom. The van der Waals surface area contributed by atoms with E-state index < -0.39 is 6.10 Å². The van der Waals surface area contributed by atoms with Crippen LogP contribution in [0.15, 0.2) is 45.4 Å². The number of aliphatic hydroxyl groups is 1. The van der Waals surface area contributed by atoms with E-state index in [9.17, 15) is 9.90 Å². The molecule has 0 radical (unpaired) electrons. The van der Waals surface area contributed by atoms with Crippen molar-refractivity contribution < 1.29 is 14.3 Å². The smallest absolute Gasteiger partial charge is 0.271 e. The Hall–Kier alpha value is -1.96. The van der Waals surface area contributed by atoms with Crippen molar-refractivity contribution in [3.05, 3.63) is 52.3 Å². The van der Waals surface area contributed by atoms with Crippen LogP contribution in [0.4, 0.5) is 0 Å². The molecule has 0 aliphatic heterocycles. The predicted octanol–water partition coefficient (Wildman–Crippen LogP) is 1.63. The van der Waals surface area contributed by atoms with Crippen LogP contribution >= 0.6 is 11.3 Å². The number of aromatic nitrogens is 2. The van der Waals surface area contributed by atoms with E-state index in [1.54, 1.807) is 24.5 Å². The highest BCUT2D eigenvalue weighted by molar-refractivity contribution is 7.17. The molecule has 110 valence electrons. The second-order valence-corrected chi connectivity index (χ2v) is 5.50. The highest BCUT2D eigenvalue weighted by Gasteiger charge is 2.10. The molecule has 3 heterocycles. The van der Waals surface area contributed by atoms with Crippen molar-refractivity contribution >= 4 is 21.6 Å². The van der Waals surface area contributed by atoms with Crippen LogP contribution in [0.2, 0.25) is 0 Å². The molecule has 21 heavy (non-hydrogen) atoms. The molecule has 0 aliphatic carbocycles. The molecule has 3 aromatic rings. The highest BCUT2D eigenvalue weighted by Crippen LogP contribution is 2.13. The maximum Gasteiger partial charge on any atom is 0.271 e. The lowest BCUT2D eigenvalue weighted by Crippen LogP contribution is -2.29. The summed E-state index contributed by atoms with van der Waals surface area (Å²) < 4.78 is 12.5. The number of aliphatic hydroxyl groups excluding tert-OH is 1. The Labute approximate surface area is 124 Å². The molecule has 0 bridgehead atoms. The summed E-state index contributed by atoms with van der Waals surface area (Å²) in [5, 5.41) is 11.8. The average Bonchev–Trinajstić information content (AvgIpc) is 3.13. The third-order valence-electron chi connectivity index (χ3n) is 2.98. The van der Waals surface area contributed by atoms with Gasteiger partial charge < -0.3 is 14.3 Å². The number of hydrogen-bond acceptors (Lipinski definition) is 6. The molecule has 0 spiro atoms. The van der Waals surface area contributed by atoms with Gasteiger partial charge in [0, 0.05) is 0 Å². The lowest BCUT2D eigenvalue weighted by atomic mass is 10.3. The fourth-order valence-corrected chi connectivity index (χ4v) is 2.77. The van der Waals surface area contributed by atoms with E-state index in [0.29, 0.717) is 22.6 Å². The van der Waals surface area contributed by atoms with Crippen LogP contribution < -0.4 is 5.56 Å². The van der Waals surface area contributed by atoms with E-state index >= 15 is 0 Å². The molecule has 0 aromatic carbocycles. The molecule has 3 aromatic heterocycles. The van der Waals surface area contributed by atoms with Crippen LogP contribution in [0.3, 0.4) is 0 Å². The van der Waals surface area contributed by atoms with Gasteiger partial charge in [0.25, 0.3) is 5.56 Å². The first-order chi connectivity index (χ1) is 10.2. The SMILES string of the molecule is O=c1c2sccc2ncn1CC(O)COCc1ccco1. The van der Waals surface area contributed by atoms with Crippen LogP contribution in [0.25, 0.3) is 10.2 Å². The third kappa shape index (κ3) is 3.21. The van der Waals surface area contributed by atoms with Crippen molar-refractivity contribution in [2.45, 2.75) is 19.3 Å². The topological polar surface area (TPSA) is 77.5 Å². The number of nitrogens with zero attached hydrogens (tertiary/aromatic N) is 2. The van der Waals surface area contributed by atoms with Gasteiger partial charge in [-0.1, -0.05) is 0 Å². The lowest BCUT2D eigenvalue weighted by Gasteiger charge is -2.12. The van der Waals surface area contributed by atoms with Gasteiger partial charge in [-0.25, -0.2) is 4.98 Å². The summed E-state index contributed by atoms with van der Waals surface area (Å²) >= 11 is 1.35. The number of fused-ring (bicyclic) bond motifs is 1. The van der Waals surface area contributed by atoms with Crippen LogP contribution in [-0.4, -0.2) is 27.4 Å². The largest absolute Gasteiger partial charge is 0.467 e. The average molecular weight is 306 g/mol. The van der Waals surface area contributed by atoms with Crippen molar-refractivity contribution in [3.8, 4) is 0 Å². The Kier molecular flexibility index (Phi) is 4.14. The van der Waals surface area contributed by atoms with E-state index in [2.05, 4.69) is 4.98 Å². The molecular weight excluding hydrogens is 292 g/mol. The van der Waals surface area contributed by atoms with Gasteiger partial charge in [-0.15, -0.1) is 11.3 Å². The van der Waals surface area contributed by atoms with E-state index in [-0.39, 0.29) is 18.7 Å². The van der Waals surface area contributed by atoms with Crippen molar-refractivity contribution in [1.82, 2.24) is 9.55 Å². The second kappa shape index (κ2) is 6.21. The first-order valence-corrected chi connectivity index (χ1v) is 7.33. The van der Waals surface area contributed by atoms with Gasteiger partial charge in [0.05, 0.1) is 37.4 Å². The molecule has 1 unspecified atom stereocenters. The normalized spacial score (nSPS) is 12.8.